The molecule has 0 N–H and O–H groups in total. The molecule has 4 rings (SSSR count). The van der Waals surface area contributed by atoms with Gasteiger partial charge in [0.1, 0.15) is 11.5 Å². The van der Waals surface area contributed by atoms with E-state index in [-0.39, 0.29) is 5.88 Å². The van der Waals surface area contributed by atoms with Crippen molar-refractivity contribution in [1.82, 2.24) is 20.1 Å². The molecule has 0 radical (unpaired) electrons. The molecular weight excluding hydrogens is 351 g/mol. The summed E-state index contributed by atoms with van der Waals surface area (Å²) >= 11 is 0. The largest absolute Gasteiger partial charge is 0.496 e. The van der Waals surface area contributed by atoms with Crippen LogP contribution in [0.3, 0.4) is 0 Å². The molecule has 0 aliphatic carbocycles. The standard InChI is InChI=1S/C19H15FN4O3/c1-3-17-23-18(27-24-17)12-9-11-14(10-16(12)25-2)21-8-6-15(11)26-19-13(20)5-4-7-22-19/h4-10H,3H2,1-2H3. The fraction of sp³-hybridized carbons (Fsp3) is 0.158. The average Bonchev–Trinajstić information content (AvgIpc) is 3.18. The minimum Gasteiger partial charge on any atom is -0.496 e. The monoisotopic (exact) mass is 366 g/mol. The molecule has 3 heterocycles. The Morgan fingerprint density at radius 1 is 1.11 bits per heavy atom. The first-order valence-corrected chi connectivity index (χ1v) is 8.27. The van der Waals surface area contributed by atoms with Gasteiger partial charge in [0.15, 0.2) is 11.6 Å². The topological polar surface area (TPSA) is 83.2 Å². The Balaban J connectivity index is 1.86. The number of fused-ring (bicyclic) bond motifs is 1. The first kappa shape index (κ1) is 16.9. The molecule has 0 amide bonds. The Morgan fingerprint density at radius 2 is 2.00 bits per heavy atom. The number of halogens is 1. The molecule has 0 fully saturated rings. The van der Waals surface area contributed by atoms with Crippen molar-refractivity contribution in [2.24, 2.45) is 0 Å². The molecule has 1 aromatic carbocycles. The van der Waals surface area contributed by atoms with Gasteiger partial charge in [0.25, 0.3) is 11.8 Å². The highest BCUT2D eigenvalue weighted by atomic mass is 19.1. The lowest BCUT2D eigenvalue weighted by Crippen LogP contribution is -1.95. The van der Waals surface area contributed by atoms with Crippen LogP contribution in [0.1, 0.15) is 12.7 Å². The van der Waals surface area contributed by atoms with Crippen LogP contribution >= 0.6 is 0 Å². The molecule has 0 aliphatic rings. The Bertz CT molecular complexity index is 1110. The van der Waals surface area contributed by atoms with Crippen molar-refractivity contribution in [3.63, 3.8) is 0 Å². The van der Waals surface area contributed by atoms with Crippen LogP contribution < -0.4 is 9.47 Å². The Kier molecular flexibility index (Phi) is 4.37. The van der Waals surface area contributed by atoms with Crippen molar-refractivity contribution in [2.45, 2.75) is 13.3 Å². The fourth-order valence-electron chi connectivity index (χ4n) is 2.63. The minimum atomic E-state index is -0.555. The third-order valence-electron chi connectivity index (χ3n) is 3.97. The van der Waals surface area contributed by atoms with E-state index in [1.807, 2.05) is 6.92 Å². The first-order chi connectivity index (χ1) is 13.2. The number of aryl methyl sites for hydroxylation is 1. The molecule has 27 heavy (non-hydrogen) atoms. The molecule has 0 bridgehead atoms. The van der Waals surface area contributed by atoms with E-state index in [0.29, 0.717) is 46.1 Å². The average molecular weight is 366 g/mol. The maximum atomic E-state index is 13.9. The van der Waals surface area contributed by atoms with Gasteiger partial charge in [0.2, 0.25) is 0 Å². The lowest BCUT2D eigenvalue weighted by atomic mass is 10.1. The van der Waals surface area contributed by atoms with Gasteiger partial charge in [-0.25, -0.2) is 9.37 Å². The van der Waals surface area contributed by atoms with Crippen LogP contribution in [-0.4, -0.2) is 27.2 Å². The van der Waals surface area contributed by atoms with Gasteiger partial charge in [0, 0.05) is 30.3 Å². The van der Waals surface area contributed by atoms with Gasteiger partial charge in [-0.1, -0.05) is 12.1 Å². The summed E-state index contributed by atoms with van der Waals surface area (Å²) < 4.78 is 30.4. The molecule has 0 saturated carbocycles. The van der Waals surface area contributed by atoms with Crippen molar-refractivity contribution in [3.8, 4) is 28.8 Å². The summed E-state index contributed by atoms with van der Waals surface area (Å²) in [5.74, 6) is 1.17. The highest BCUT2D eigenvalue weighted by Gasteiger charge is 2.18. The molecule has 0 saturated heterocycles. The van der Waals surface area contributed by atoms with Crippen LogP contribution in [0.2, 0.25) is 0 Å². The summed E-state index contributed by atoms with van der Waals surface area (Å²) in [7, 11) is 1.55. The lowest BCUT2D eigenvalue weighted by Gasteiger charge is -2.11. The van der Waals surface area contributed by atoms with Crippen LogP contribution in [0.25, 0.3) is 22.4 Å². The fourth-order valence-corrected chi connectivity index (χ4v) is 2.63. The zero-order valence-corrected chi connectivity index (χ0v) is 14.6. The molecule has 3 aromatic heterocycles. The SMILES string of the molecule is CCc1noc(-c2cc3c(Oc4ncccc4F)ccnc3cc2OC)n1. The minimum absolute atomic E-state index is 0.117. The molecule has 0 spiro atoms. The third kappa shape index (κ3) is 3.17. The summed E-state index contributed by atoms with van der Waals surface area (Å²) in [5.41, 5.74) is 1.20. The van der Waals surface area contributed by atoms with Gasteiger partial charge in [-0.3, -0.25) is 4.98 Å². The van der Waals surface area contributed by atoms with Gasteiger partial charge in [-0.2, -0.15) is 4.98 Å². The van der Waals surface area contributed by atoms with E-state index in [2.05, 4.69) is 20.1 Å². The number of methoxy groups -OCH3 is 1. The van der Waals surface area contributed by atoms with Gasteiger partial charge in [0.05, 0.1) is 18.2 Å². The molecule has 7 nitrogen and oxygen atoms in total. The van der Waals surface area contributed by atoms with Crippen molar-refractivity contribution in [1.29, 1.82) is 0 Å². The molecule has 8 heteroatoms. The van der Waals surface area contributed by atoms with Gasteiger partial charge in [-0.15, -0.1) is 0 Å². The van der Waals surface area contributed by atoms with Gasteiger partial charge >= 0.3 is 0 Å². The number of pyridine rings is 2. The number of aromatic nitrogens is 4. The molecule has 0 atom stereocenters. The molecule has 4 aromatic rings. The second kappa shape index (κ2) is 6.99. The summed E-state index contributed by atoms with van der Waals surface area (Å²) in [6.45, 7) is 1.93. The second-order valence-corrected chi connectivity index (χ2v) is 5.64. The van der Waals surface area contributed by atoms with Crippen molar-refractivity contribution >= 4 is 10.9 Å². The van der Waals surface area contributed by atoms with Crippen LogP contribution in [-0.2, 0) is 6.42 Å². The highest BCUT2D eigenvalue weighted by molar-refractivity contribution is 5.91. The van der Waals surface area contributed by atoms with Crippen LogP contribution in [0.5, 0.6) is 17.4 Å². The zero-order chi connectivity index (χ0) is 18.8. The predicted octanol–water partition coefficient (Wildman–Crippen LogP) is 4.18. The van der Waals surface area contributed by atoms with Gasteiger partial charge in [-0.05, 0) is 24.3 Å². The van der Waals surface area contributed by atoms with Crippen molar-refractivity contribution < 1.29 is 18.4 Å². The number of hydrogen-bond acceptors (Lipinski definition) is 7. The highest BCUT2D eigenvalue weighted by Crippen LogP contribution is 2.37. The number of benzene rings is 1. The van der Waals surface area contributed by atoms with Gasteiger partial charge < -0.3 is 14.0 Å². The van der Waals surface area contributed by atoms with E-state index < -0.39 is 5.82 Å². The molecule has 0 unspecified atom stereocenters. The lowest BCUT2D eigenvalue weighted by molar-refractivity contribution is 0.403. The Morgan fingerprint density at radius 3 is 2.74 bits per heavy atom. The van der Waals surface area contributed by atoms with E-state index in [1.54, 1.807) is 31.5 Å². The predicted molar refractivity (Wildman–Crippen MR) is 95.2 cm³/mol. The summed E-state index contributed by atoms with van der Waals surface area (Å²) in [6, 6.07) is 7.92. The van der Waals surface area contributed by atoms with Crippen molar-refractivity contribution in [3.05, 3.63) is 54.4 Å². The second-order valence-electron chi connectivity index (χ2n) is 5.64. The van der Waals surface area contributed by atoms with E-state index >= 15 is 0 Å². The normalized spacial score (nSPS) is 10.9. The van der Waals surface area contributed by atoms with Crippen molar-refractivity contribution in [2.75, 3.05) is 7.11 Å². The maximum absolute atomic E-state index is 13.9. The maximum Gasteiger partial charge on any atom is 0.261 e. The zero-order valence-electron chi connectivity index (χ0n) is 14.6. The van der Waals surface area contributed by atoms with E-state index in [9.17, 15) is 4.39 Å². The smallest absolute Gasteiger partial charge is 0.261 e. The van der Waals surface area contributed by atoms with E-state index in [4.69, 9.17) is 14.0 Å². The summed E-state index contributed by atoms with van der Waals surface area (Å²) in [6.07, 6.45) is 3.68. The number of hydrogen-bond donors (Lipinski definition) is 0. The van der Waals surface area contributed by atoms with E-state index in [0.717, 1.165) is 0 Å². The Labute approximate surface area is 153 Å². The summed E-state index contributed by atoms with van der Waals surface area (Å²) in [5, 5.41) is 4.55. The molecule has 136 valence electrons. The van der Waals surface area contributed by atoms with Crippen LogP contribution in [0.15, 0.2) is 47.2 Å². The number of nitrogens with zero attached hydrogens (tertiary/aromatic N) is 4. The summed E-state index contributed by atoms with van der Waals surface area (Å²) in [4.78, 5) is 12.6. The Hall–Kier alpha value is -3.55. The quantitative estimate of drug-likeness (QED) is 0.524. The number of rotatable bonds is 5. The molecule has 0 aliphatic heterocycles. The molecular formula is C19H15FN4O3. The third-order valence-corrected chi connectivity index (χ3v) is 3.97. The van der Waals surface area contributed by atoms with Crippen LogP contribution in [0.4, 0.5) is 4.39 Å². The van der Waals surface area contributed by atoms with Crippen LogP contribution in [0, 0.1) is 5.82 Å². The number of ether oxygens (including phenoxy) is 2. The van der Waals surface area contributed by atoms with E-state index in [1.165, 1.54) is 18.3 Å². The first-order valence-electron chi connectivity index (χ1n) is 8.27.